The Labute approximate surface area is 106 Å². The average Bonchev–Trinajstić information content (AvgIpc) is 2.36. The van der Waals surface area contributed by atoms with Gasteiger partial charge < -0.3 is 11.1 Å². The number of nitrogens with one attached hydrogen (secondary N) is 1. The molecule has 6 heteroatoms. The van der Waals surface area contributed by atoms with Crippen LogP contribution in [0.1, 0.15) is 10.4 Å². The van der Waals surface area contributed by atoms with Gasteiger partial charge in [0.15, 0.2) is 0 Å². The smallest absolute Gasteiger partial charge is 0.255 e. The monoisotopic (exact) mass is 266 g/mol. The van der Waals surface area contributed by atoms with Crippen LogP contribution >= 0.6 is 0 Å². The van der Waals surface area contributed by atoms with Crippen molar-refractivity contribution in [3.05, 3.63) is 59.4 Å². The van der Waals surface area contributed by atoms with Gasteiger partial charge in [-0.3, -0.25) is 4.79 Å². The molecule has 3 N–H and O–H groups in total. The maximum atomic E-state index is 13.4. The molecule has 0 heterocycles. The Bertz CT molecular complexity index is 644. The summed E-state index contributed by atoms with van der Waals surface area (Å²) >= 11 is 0. The Balaban J connectivity index is 2.27. The van der Waals surface area contributed by atoms with Crippen molar-refractivity contribution in [3.63, 3.8) is 0 Å². The average molecular weight is 266 g/mol. The lowest BCUT2D eigenvalue weighted by atomic mass is 10.2. The van der Waals surface area contributed by atoms with Gasteiger partial charge in [-0.1, -0.05) is 6.07 Å². The largest absolute Gasteiger partial charge is 0.396 e. The molecule has 0 saturated heterocycles. The molecule has 1 amide bonds. The summed E-state index contributed by atoms with van der Waals surface area (Å²) in [4.78, 5) is 11.7. The summed E-state index contributed by atoms with van der Waals surface area (Å²) in [5, 5.41) is 2.19. The third kappa shape index (κ3) is 2.85. The molecule has 0 aromatic heterocycles. The summed E-state index contributed by atoms with van der Waals surface area (Å²) in [6, 6.07) is 6.41. The number of hydrogen-bond acceptors (Lipinski definition) is 2. The van der Waals surface area contributed by atoms with Gasteiger partial charge in [0.2, 0.25) is 0 Å². The highest BCUT2D eigenvalue weighted by atomic mass is 19.1. The molecule has 98 valence electrons. The molecular weight excluding hydrogens is 257 g/mol. The van der Waals surface area contributed by atoms with Crippen LogP contribution in [-0.2, 0) is 0 Å². The zero-order valence-corrected chi connectivity index (χ0v) is 9.58. The summed E-state index contributed by atoms with van der Waals surface area (Å²) < 4.78 is 39.3. The third-order valence-electron chi connectivity index (χ3n) is 2.42. The van der Waals surface area contributed by atoms with E-state index in [0.717, 1.165) is 12.1 Å². The van der Waals surface area contributed by atoms with E-state index < -0.39 is 23.4 Å². The van der Waals surface area contributed by atoms with Crippen molar-refractivity contribution in [2.24, 2.45) is 0 Å². The van der Waals surface area contributed by atoms with Gasteiger partial charge in [0, 0.05) is 11.6 Å². The van der Waals surface area contributed by atoms with Gasteiger partial charge in [0.05, 0.1) is 11.4 Å². The SMILES string of the molecule is Nc1cc(NC(=O)c2cccc(F)c2)c(F)cc1F. The van der Waals surface area contributed by atoms with E-state index in [0.29, 0.717) is 6.07 Å². The Morgan fingerprint density at radius 3 is 2.47 bits per heavy atom. The third-order valence-corrected chi connectivity index (χ3v) is 2.42. The number of carbonyl (C=O) groups is 1. The first-order chi connectivity index (χ1) is 8.97. The van der Waals surface area contributed by atoms with Crippen LogP contribution in [0.2, 0.25) is 0 Å². The van der Waals surface area contributed by atoms with Crippen LogP contribution in [0, 0.1) is 17.5 Å². The molecule has 3 nitrogen and oxygen atoms in total. The molecule has 0 unspecified atom stereocenters. The minimum Gasteiger partial charge on any atom is -0.396 e. The maximum Gasteiger partial charge on any atom is 0.255 e. The Hall–Kier alpha value is -2.50. The number of rotatable bonds is 2. The first kappa shape index (κ1) is 12.9. The number of hydrogen-bond donors (Lipinski definition) is 2. The summed E-state index contributed by atoms with van der Waals surface area (Å²) in [6.07, 6.45) is 0. The van der Waals surface area contributed by atoms with Crippen LogP contribution in [0.15, 0.2) is 36.4 Å². The molecule has 0 radical (unpaired) electrons. The number of carbonyl (C=O) groups excluding carboxylic acids is 1. The fourth-order valence-corrected chi connectivity index (χ4v) is 1.49. The predicted octanol–water partition coefficient (Wildman–Crippen LogP) is 2.94. The van der Waals surface area contributed by atoms with E-state index in [2.05, 4.69) is 5.32 Å². The molecule has 2 aromatic rings. The van der Waals surface area contributed by atoms with E-state index in [1.165, 1.54) is 18.2 Å². The molecule has 0 aliphatic heterocycles. The maximum absolute atomic E-state index is 13.4. The second-order valence-corrected chi connectivity index (χ2v) is 3.82. The normalized spacial score (nSPS) is 10.3. The van der Waals surface area contributed by atoms with E-state index >= 15 is 0 Å². The first-order valence-corrected chi connectivity index (χ1v) is 5.29. The van der Waals surface area contributed by atoms with Crippen molar-refractivity contribution in [3.8, 4) is 0 Å². The van der Waals surface area contributed by atoms with Crippen molar-refractivity contribution >= 4 is 17.3 Å². The topological polar surface area (TPSA) is 55.1 Å². The second kappa shape index (κ2) is 5.01. The zero-order chi connectivity index (χ0) is 14.0. The quantitative estimate of drug-likeness (QED) is 0.821. The van der Waals surface area contributed by atoms with Crippen molar-refractivity contribution in [1.29, 1.82) is 0 Å². The summed E-state index contributed by atoms with van der Waals surface area (Å²) in [5.74, 6) is -3.19. The predicted molar refractivity (Wildman–Crippen MR) is 65.1 cm³/mol. The Kier molecular flexibility index (Phi) is 3.41. The summed E-state index contributed by atoms with van der Waals surface area (Å²) in [7, 11) is 0. The van der Waals surface area contributed by atoms with E-state index in [4.69, 9.17) is 5.73 Å². The fourth-order valence-electron chi connectivity index (χ4n) is 1.49. The van der Waals surface area contributed by atoms with Crippen LogP contribution in [0.25, 0.3) is 0 Å². The van der Waals surface area contributed by atoms with E-state index in [1.807, 2.05) is 0 Å². The summed E-state index contributed by atoms with van der Waals surface area (Å²) in [6.45, 7) is 0. The lowest BCUT2D eigenvalue weighted by molar-refractivity contribution is 0.102. The molecule has 0 aliphatic rings. The van der Waals surface area contributed by atoms with E-state index in [-0.39, 0.29) is 16.9 Å². The molecular formula is C13H9F3N2O. The van der Waals surface area contributed by atoms with Gasteiger partial charge >= 0.3 is 0 Å². The molecule has 0 aliphatic carbocycles. The number of amides is 1. The summed E-state index contributed by atoms with van der Waals surface area (Å²) in [5.41, 5.74) is 4.73. The molecule has 2 rings (SSSR count). The minimum absolute atomic E-state index is 0.0160. The van der Waals surface area contributed by atoms with E-state index in [1.54, 1.807) is 0 Å². The zero-order valence-electron chi connectivity index (χ0n) is 9.58. The van der Waals surface area contributed by atoms with Crippen molar-refractivity contribution in [2.75, 3.05) is 11.1 Å². The van der Waals surface area contributed by atoms with E-state index in [9.17, 15) is 18.0 Å². The molecule has 0 saturated carbocycles. The molecule has 19 heavy (non-hydrogen) atoms. The number of anilines is 2. The van der Waals surface area contributed by atoms with Crippen molar-refractivity contribution in [2.45, 2.75) is 0 Å². The Morgan fingerprint density at radius 1 is 1.05 bits per heavy atom. The van der Waals surface area contributed by atoms with Crippen LogP contribution in [0.5, 0.6) is 0 Å². The standard InChI is InChI=1S/C13H9F3N2O/c14-8-3-1-2-7(4-8)13(19)18-12-6-11(17)9(15)5-10(12)16/h1-6H,17H2,(H,18,19). The van der Waals surface area contributed by atoms with Crippen molar-refractivity contribution < 1.29 is 18.0 Å². The number of halogens is 3. The highest BCUT2D eigenvalue weighted by Gasteiger charge is 2.12. The van der Waals surface area contributed by atoms with Crippen LogP contribution < -0.4 is 11.1 Å². The van der Waals surface area contributed by atoms with Gasteiger partial charge in [0.25, 0.3) is 5.91 Å². The van der Waals surface area contributed by atoms with Crippen LogP contribution in [-0.4, -0.2) is 5.91 Å². The highest BCUT2D eigenvalue weighted by Crippen LogP contribution is 2.21. The highest BCUT2D eigenvalue weighted by molar-refractivity contribution is 6.04. The minimum atomic E-state index is -0.962. The number of nitrogens with two attached hydrogens (primary N) is 1. The molecule has 0 atom stereocenters. The van der Waals surface area contributed by atoms with Gasteiger partial charge in [-0.2, -0.15) is 0 Å². The van der Waals surface area contributed by atoms with Crippen molar-refractivity contribution in [1.82, 2.24) is 0 Å². The molecule has 0 spiro atoms. The van der Waals surface area contributed by atoms with Gasteiger partial charge in [0.1, 0.15) is 17.5 Å². The van der Waals surface area contributed by atoms with Crippen LogP contribution in [0.4, 0.5) is 24.5 Å². The first-order valence-electron chi connectivity index (χ1n) is 5.29. The second-order valence-electron chi connectivity index (χ2n) is 3.82. The lowest BCUT2D eigenvalue weighted by Gasteiger charge is -2.08. The molecule has 0 fully saturated rings. The van der Waals surface area contributed by atoms with Crippen LogP contribution in [0.3, 0.4) is 0 Å². The lowest BCUT2D eigenvalue weighted by Crippen LogP contribution is -2.13. The Morgan fingerprint density at radius 2 is 1.79 bits per heavy atom. The number of nitrogen functional groups attached to an aromatic ring is 1. The number of benzene rings is 2. The van der Waals surface area contributed by atoms with Gasteiger partial charge in [-0.15, -0.1) is 0 Å². The van der Waals surface area contributed by atoms with Gasteiger partial charge in [-0.05, 0) is 24.3 Å². The fraction of sp³-hybridized carbons (Fsp3) is 0. The molecule has 0 bridgehead atoms. The molecule has 2 aromatic carbocycles. The van der Waals surface area contributed by atoms with Gasteiger partial charge in [-0.25, -0.2) is 13.2 Å².